The van der Waals surface area contributed by atoms with Gasteiger partial charge in [0.15, 0.2) is 0 Å². The molecule has 2 heteroatoms. The Kier molecular flexibility index (Phi) is 6.98. The molecule has 0 fully saturated rings. The Balaban J connectivity index is 1.10. The van der Waals surface area contributed by atoms with Crippen LogP contribution >= 0.6 is 0 Å². The van der Waals surface area contributed by atoms with Gasteiger partial charge in [0.1, 0.15) is 11.2 Å². The minimum atomic E-state index is -0.187. The number of rotatable bonds is 5. The van der Waals surface area contributed by atoms with E-state index in [0.29, 0.717) is 0 Å². The van der Waals surface area contributed by atoms with E-state index in [9.17, 15) is 0 Å². The van der Waals surface area contributed by atoms with Crippen molar-refractivity contribution in [3.8, 4) is 44.5 Å². The third-order valence-corrected chi connectivity index (χ3v) is 12.7. The number of nitrogens with zero attached hydrogens (tertiary/aromatic N) is 1. The number of anilines is 3. The largest absolute Gasteiger partial charge is 0.456 e. The number of fused-ring (bicyclic) bond motifs is 9. The number of hydrogen-bond donors (Lipinski definition) is 0. The van der Waals surface area contributed by atoms with Gasteiger partial charge in [-0.15, -0.1) is 0 Å². The van der Waals surface area contributed by atoms with Crippen LogP contribution in [0.4, 0.5) is 17.1 Å². The first kappa shape index (κ1) is 32.8. The summed E-state index contributed by atoms with van der Waals surface area (Å²) < 4.78 is 6.46. The molecular weight excluding hydrogens is 679 g/mol. The molecule has 11 rings (SSSR count). The summed E-state index contributed by atoms with van der Waals surface area (Å²) in [5.74, 6) is 0. The molecule has 0 N–H and O–H groups in total. The average molecular weight is 720 g/mol. The summed E-state index contributed by atoms with van der Waals surface area (Å²) in [4.78, 5) is 2.43. The highest BCUT2D eigenvalue weighted by Crippen LogP contribution is 2.55. The van der Waals surface area contributed by atoms with Crippen LogP contribution in [0.1, 0.15) is 49.9 Å². The SMILES string of the molecule is CC1(C)c2ccccc2-c2c(-c3ccc(N(c4ccc5c(c4)C(C)(C)c4cccc(-c6ccccc6)c4-5)c4cccc5oc6ccccc6c45)cc3)cccc21. The van der Waals surface area contributed by atoms with Crippen molar-refractivity contribution in [2.45, 2.75) is 38.5 Å². The highest BCUT2D eigenvalue weighted by molar-refractivity contribution is 6.13. The van der Waals surface area contributed by atoms with E-state index in [1.807, 2.05) is 6.07 Å². The highest BCUT2D eigenvalue weighted by atomic mass is 16.3. The zero-order valence-corrected chi connectivity index (χ0v) is 32.1. The summed E-state index contributed by atoms with van der Waals surface area (Å²) in [5.41, 5.74) is 20.7. The quantitative estimate of drug-likeness (QED) is 0.176. The lowest BCUT2D eigenvalue weighted by Gasteiger charge is -2.29. The van der Waals surface area contributed by atoms with Crippen molar-refractivity contribution in [1.29, 1.82) is 0 Å². The van der Waals surface area contributed by atoms with Crippen LogP contribution in [0.25, 0.3) is 66.4 Å². The maximum absolute atomic E-state index is 6.46. The molecule has 0 amide bonds. The number of benzene rings is 8. The van der Waals surface area contributed by atoms with Gasteiger partial charge in [0.25, 0.3) is 0 Å². The molecule has 0 atom stereocenters. The summed E-state index contributed by atoms with van der Waals surface area (Å²) in [6.07, 6.45) is 0. The van der Waals surface area contributed by atoms with E-state index in [-0.39, 0.29) is 10.8 Å². The third-order valence-electron chi connectivity index (χ3n) is 12.7. The molecule has 1 aromatic heterocycles. The summed E-state index contributed by atoms with van der Waals surface area (Å²) in [5, 5.41) is 2.23. The second-order valence-electron chi connectivity index (χ2n) is 16.5. The fourth-order valence-corrected chi connectivity index (χ4v) is 9.93. The lowest BCUT2D eigenvalue weighted by atomic mass is 9.81. The first-order chi connectivity index (χ1) is 27.3. The van der Waals surface area contributed by atoms with E-state index in [0.717, 1.165) is 39.0 Å². The molecule has 9 aromatic rings. The topological polar surface area (TPSA) is 16.4 Å². The van der Waals surface area contributed by atoms with Crippen LogP contribution in [0.2, 0.25) is 0 Å². The molecule has 1 heterocycles. The molecule has 0 saturated carbocycles. The van der Waals surface area contributed by atoms with Crippen LogP contribution in [0.15, 0.2) is 180 Å². The van der Waals surface area contributed by atoms with E-state index in [4.69, 9.17) is 4.42 Å². The minimum Gasteiger partial charge on any atom is -0.456 e. The van der Waals surface area contributed by atoms with E-state index >= 15 is 0 Å². The maximum atomic E-state index is 6.46. The number of hydrogen-bond acceptors (Lipinski definition) is 2. The fourth-order valence-electron chi connectivity index (χ4n) is 9.93. The minimum absolute atomic E-state index is 0.0480. The molecule has 56 heavy (non-hydrogen) atoms. The fraction of sp³-hybridized carbons (Fsp3) is 0.111. The van der Waals surface area contributed by atoms with Crippen molar-refractivity contribution in [3.63, 3.8) is 0 Å². The monoisotopic (exact) mass is 719 g/mol. The van der Waals surface area contributed by atoms with Gasteiger partial charge in [-0.1, -0.05) is 161 Å². The zero-order valence-electron chi connectivity index (χ0n) is 32.1. The molecule has 0 bridgehead atoms. The van der Waals surface area contributed by atoms with Crippen molar-refractivity contribution in [3.05, 3.63) is 198 Å². The summed E-state index contributed by atoms with van der Waals surface area (Å²) in [7, 11) is 0. The lowest BCUT2D eigenvalue weighted by molar-refractivity contribution is 0.660. The van der Waals surface area contributed by atoms with E-state index < -0.39 is 0 Å². The van der Waals surface area contributed by atoms with Gasteiger partial charge in [-0.2, -0.15) is 0 Å². The Bertz CT molecular complexity index is 3020. The molecule has 0 aliphatic heterocycles. The predicted octanol–water partition coefficient (Wildman–Crippen LogP) is 15.0. The predicted molar refractivity (Wildman–Crippen MR) is 234 cm³/mol. The molecule has 2 nitrogen and oxygen atoms in total. The van der Waals surface area contributed by atoms with Gasteiger partial charge < -0.3 is 9.32 Å². The smallest absolute Gasteiger partial charge is 0.137 e. The van der Waals surface area contributed by atoms with Gasteiger partial charge in [0.2, 0.25) is 0 Å². The van der Waals surface area contributed by atoms with Crippen molar-refractivity contribution in [2.75, 3.05) is 4.90 Å². The molecule has 2 aliphatic rings. The van der Waals surface area contributed by atoms with Gasteiger partial charge in [-0.3, -0.25) is 0 Å². The van der Waals surface area contributed by atoms with Gasteiger partial charge in [-0.25, -0.2) is 0 Å². The number of para-hydroxylation sites is 1. The van der Waals surface area contributed by atoms with Gasteiger partial charge in [-0.05, 0) is 109 Å². The Hall–Kier alpha value is -6.64. The summed E-state index contributed by atoms with van der Waals surface area (Å²) in [6, 6.07) is 64.5. The Morgan fingerprint density at radius 3 is 1.68 bits per heavy atom. The van der Waals surface area contributed by atoms with Crippen molar-refractivity contribution in [1.82, 2.24) is 0 Å². The normalized spacial score (nSPS) is 14.4. The van der Waals surface area contributed by atoms with Crippen LogP contribution in [0.3, 0.4) is 0 Å². The van der Waals surface area contributed by atoms with Crippen LogP contribution in [-0.2, 0) is 10.8 Å². The zero-order chi connectivity index (χ0) is 37.8. The third kappa shape index (κ3) is 4.62. The maximum Gasteiger partial charge on any atom is 0.137 e. The molecule has 0 saturated heterocycles. The molecule has 2 aliphatic carbocycles. The first-order valence-electron chi connectivity index (χ1n) is 19.7. The molecule has 268 valence electrons. The second kappa shape index (κ2) is 11.9. The van der Waals surface area contributed by atoms with Gasteiger partial charge in [0.05, 0.1) is 11.1 Å². The van der Waals surface area contributed by atoms with E-state index in [1.54, 1.807) is 0 Å². The van der Waals surface area contributed by atoms with E-state index in [1.165, 1.54) is 66.8 Å². The Morgan fingerprint density at radius 1 is 0.393 bits per heavy atom. The van der Waals surface area contributed by atoms with Crippen LogP contribution in [0.5, 0.6) is 0 Å². The van der Waals surface area contributed by atoms with Gasteiger partial charge >= 0.3 is 0 Å². The number of furan rings is 1. The highest BCUT2D eigenvalue weighted by Gasteiger charge is 2.38. The van der Waals surface area contributed by atoms with Crippen LogP contribution in [0, 0.1) is 0 Å². The Labute approximate surface area is 328 Å². The molecule has 0 spiro atoms. The summed E-state index contributed by atoms with van der Waals surface area (Å²) >= 11 is 0. The molecule has 0 unspecified atom stereocenters. The molecular formula is C54H41NO. The van der Waals surface area contributed by atoms with Crippen LogP contribution < -0.4 is 4.90 Å². The average Bonchev–Trinajstić information content (AvgIpc) is 3.82. The van der Waals surface area contributed by atoms with E-state index in [2.05, 4.69) is 202 Å². The first-order valence-corrected chi connectivity index (χ1v) is 19.7. The van der Waals surface area contributed by atoms with Crippen molar-refractivity contribution in [2.24, 2.45) is 0 Å². The van der Waals surface area contributed by atoms with Crippen molar-refractivity contribution < 1.29 is 4.42 Å². The van der Waals surface area contributed by atoms with Gasteiger partial charge in [0, 0.05) is 27.6 Å². The molecule has 8 aromatic carbocycles. The Morgan fingerprint density at radius 2 is 0.929 bits per heavy atom. The van der Waals surface area contributed by atoms with Crippen molar-refractivity contribution >= 4 is 39.0 Å². The standard InChI is InChI=1S/C54H41NO/c1-53(2)43-21-10-8-17-40(43)50-39(20-13-22-44(50)53)35-27-29-36(30-28-35)55(47-24-14-26-49-52(47)42-18-9-11-25-48(42)56-49)37-31-32-41-46(33-37)54(3,4)45-23-12-19-38(51(41)45)34-15-6-5-7-16-34/h5-33H,1-4H3. The van der Waals surface area contributed by atoms with Crippen LogP contribution in [-0.4, -0.2) is 0 Å². The second-order valence-corrected chi connectivity index (χ2v) is 16.5. The lowest BCUT2D eigenvalue weighted by Crippen LogP contribution is -2.16. The summed E-state index contributed by atoms with van der Waals surface area (Å²) in [6.45, 7) is 9.44. The molecule has 0 radical (unpaired) electrons.